The van der Waals surface area contributed by atoms with E-state index in [9.17, 15) is 14.4 Å². The molecule has 2 N–H and O–H groups in total. The van der Waals surface area contributed by atoms with Crippen molar-refractivity contribution in [3.05, 3.63) is 57.6 Å². The molecule has 2 heterocycles. The first-order valence-corrected chi connectivity index (χ1v) is 9.70. The molecule has 0 spiro atoms. The molecule has 140 valence electrons. The number of benzene rings is 1. The number of nitrogens with one attached hydrogen (secondary N) is 2. The van der Waals surface area contributed by atoms with Crippen molar-refractivity contribution in [2.45, 2.75) is 31.6 Å². The Morgan fingerprint density at radius 3 is 2.59 bits per heavy atom. The topological polar surface area (TPSA) is 88.4 Å². The quantitative estimate of drug-likeness (QED) is 0.391. The van der Waals surface area contributed by atoms with Gasteiger partial charge in [0.25, 0.3) is 0 Å². The molecule has 6 nitrogen and oxygen atoms in total. The summed E-state index contributed by atoms with van der Waals surface area (Å²) in [6.07, 6.45) is 4.42. The van der Waals surface area contributed by atoms with E-state index < -0.39 is 5.41 Å². The van der Waals surface area contributed by atoms with Crippen LogP contribution in [0.4, 0.5) is 5.69 Å². The Hall–Kier alpha value is -2.42. The van der Waals surface area contributed by atoms with Crippen molar-refractivity contribution in [1.29, 1.82) is 0 Å². The van der Waals surface area contributed by atoms with Crippen LogP contribution in [0.15, 0.2) is 46.9 Å². The van der Waals surface area contributed by atoms with Gasteiger partial charge in [0, 0.05) is 18.2 Å². The van der Waals surface area contributed by atoms with Gasteiger partial charge in [0.1, 0.15) is 5.76 Å². The summed E-state index contributed by atoms with van der Waals surface area (Å²) < 4.78 is 6.12. The Morgan fingerprint density at radius 1 is 1.26 bits per heavy atom. The van der Waals surface area contributed by atoms with Gasteiger partial charge < -0.3 is 9.73 Å². The summed E-state index contributed by atoms with van der Waals surface area (Å²) >= 11 is 2.06. The van der Waals surface area contributed by atoms with Gasteiger partial charge in [-0.15, -0.1) is 0 Å². The van der Waals surface area contributed by atoms with E-state index >= 15 is 0 Å². The molecule has 1 fully saturated rings. The minimum atomic E-state index is -0.702. The summed E-state index contributed by atoms with van der Waals surface area (Å²) in [6.45, 7) is 1.94. The van der Waals surface area contributed by atoms with Gasteiger partial charge in [-0.05, 0) is 71.3 Å². The number of piperidine rings is 1. The highest BCUT2D eigenvalue weighted by molar-refractivity contribution is 14.1. The van der Waals surface area contributed by atoms with Gasteiger partial charge in [-0.2, -0.15) is 0 Å². The molecule has 27 heavy (non-hydrogen) atoms. The van der Waals surface area contributed by atoms with E-state index in [2.05, 4.69) is 33.2 Å². The van der Waals surface area contributed by atoms with Gasteiger partial charge in [-0.3, -0.25) is 19.7 Å². The number of hydrogen-bond acceptors (Lipinski definition) is 4. The smallest absolute Gasteiger partial charge is 0.248 e. The lowest BCUT2D eigenvalue weighted by atomic mass is 9.72. The average molecular weight is 478 g/mol. The summed E-state index contributed by atoms with van der Waals surface area (Å²) in [4.78, 5) is 35.9. The third-order valence-electron chi connectivity index (χ3n) is 4.77. The Kier molecular flexibility index (Phi) is 5.79. The fourth-order valence-electron chi connectivity index (χ4n) is 3.20. The fraction of sp³-hybridized carbons (Fsp3) is 0.250. The van der Waals surface area contributed by atoms with Gasteiger partial charge in [0.15, 0.2) is 3.77 Å². The fourth-order valence-corrected chi connectivity index (χ4v) is 3.63. The van der Waals surface area contributed by atoms with Crippen LogP contribution in [-0.4, -0.2) is 17.7 Å². The van der Waals surface area contributed by atoms with Crippen LogP contribution in [0.25, 0.3) is 6.08 Å². The summed E-state index contributed by atoms with van der Waals surface area (Å²) in [5, 5.41) is 5.21. The van der Waals surface area contributed by atoms with Crippen LogP contribution in [0, 0.1) is 3.77 Å². The molecule has 0 saturated carbocycles. The van der Waals surface area contributed by atoms with Gasteiger partial charge in [0.2, 0.25) is 17.7 Å². The van der Waals surface area contributed by atoms with Gasteiger partial charge in [-0.25, -0.2) is 0 Å². The normalized spacial score (nSPS) is 19.9. The first-order chi connectivity index (χ1) is 12.9. The van der Waals surface area contributed by atoms with Crippen molar-refractivity contribution in [3.63, 3.8) is 0 Å². The Balaban J connectivity index is 1.69. The number of rotatable bonds is 5. The van der Waals surface area contributed by atoms with Crippen LogP contribution in [0.5, 0.6) is 0 Å². The van der Waals surface area contributed by atoms with E-state index in [1.54, 1.807) is 24.3 Å². The van der Waals surface area contributed by atoms with E-state index in [1.807, 2.05) is 25.1 Å². The first kappa shape index (κ1) is 19.3. The maximum Gasteiger partial charge on any atom is 0.248 e. The van der Waals surface area contributed by atoms with Crippen molar-refractivity contribution in [2.24, 2.45) is 0 Å². The summed E-state index contributed by atoms with van der Waals surface area (Å²) in [7, 11) is 0. The van der Waals surface area contributed by atoms with Crippen molar-refractivity contribution < 1.29 is 18.8 Å². The van der Waals surface area contributed by atoms with Crippen LogP contribution in [0.2, 0.25) is 0 Å². The maximum absolute atomic E-state index is 12.4. The van der Waals surface area contributed by atoms with E-state index in [1.165, 1.54) is 6.08 Å². The molecule has 1 aliphatic rings. The molecule has 2 aromatic rings. The first-order valence-electron chi connectivity index (χ1n) is 8.62. The molecule has 1 unspecified atom stereocenters. The Bertz CT molecular complexity index is 901. The number of halogens is 1. The molecular formula is C20H19IN2O4. The third kappa shape index (κ3) is 4.29. The van der Waals surface area contributed by atoms with Crippen molar-refractivity contribution in [2.75, 3.05) is 5.32 Å². The monoisotopic (exact) mass is 478 g/mol. The number of anilines is 1. The number of hydrogen-bond donors (Lipinski definition) is 2. The predicted molar refractivity (Wildman–Crippen MR) is 110 cm³/mol. The zero-order valence-electron chi connectivity index (χ0n) is 14.8. The zero-order chi connectivity index (χ0) is 19.4. The van der Waals surface area contributed by atoms with Crippen LogP contribution in [0.1, 0.15) is 37.5 Å². The molecule has 1 saturated heterocycles. The Labute approximate surface area is 170 Å². The number of carbonyl (C=O) groups is 3. The number of carbonyl (C=O) groups excluding carboxylic acids is 3. The van der Waals surface area contributed by atoms with Crippen molar-refractivity contribution in [3.8, 4) is 0 Å². The second kappa shape index (κ2) is 8.08. The third-order valence-corrected chi connectivity index (χ3v) is 5.35. The molecule has 7 heteroatoms. The van der Waals surface area contributed by atoms with Gasteiger partial charge in [-0.1, -0.05) is 19.1 Å². The molecule has 3 amide bonds. The zero-order valence-corrected chi connectivity index (χ0v) is 16.9. The van der Waals surface area contributed by atoms with Crippen LogP contribution in [-0.2, 0) is 19.8 Å². The highest BCUT2D eigenvalue weighted by Crippen LogP contribution is 2.36. The minimum absolute atomic E-state index is 0.231. The Morgan fingerprint density at radius 2 is 2.00 bits per heavy atom. The molecule has 0 bridgehead atoms. The van der Waals surface area contributed by atoms with E-state index in [0.717, 1.165) is 9.33 Å². The van der Waals surface area contributed by atoms with Gasteiger partial charge in [0.05, 0.1) is 5.41 Å². The van der Waals surface area contributed by atoms with Crippen molar-refractivity contribution in [1.82, 2.24) is 5.32 Å². The summed E-state index contributed by atoms with van der Waals surface area (Å²) in [5.74, 6) is -0.159. The largest absolute Gasteiger partial charge is 0.451 e. The average Bonchev–Trinajstić information content (AvgIpc) is 3.07. The summed E-state index contributed by atoms with van der Waals surface area (Å²) in [6, 6.07) is 10.8. The standard InChI is InChI=1S/C20H19IN2O4/c1-2-20(12-11-18(25)23-19(20)26)13-3-5-14(6-4-13)22-17(24)10-8-15-7-9-16(21)27-15/h3-10H,2,11-12H2,1H3,(H,22,24)(H,23,25,26). The SMILES string of the molecule is CCC1(c2ccc(NC(=O)C=Cc3ccc(I)o3)cc2)CCC(=O)NC1=O. The number of amides is 3. The highest BCUT2D eigenvalue weighted by Gasteiger charge is 2.42. The predicted octanol–water partition coefficient (Wildman–Crippen LogP) is 3.62. The molecule has 3 rings (SSSR count). The van der Waals surface area contributed by atoms with Crippen LogP contribution < -0.4 is 10.6 Å². The lowest BCUT2D eigenvalue weighted by molar-refractivity contribution is -0.138. The summed E-state index contributed by atoms with van der Waals surface area (Å²) in [5.41, 5.74) is 0.766. The van der Waals surface area contributed by atoms with E-state index in [0.29, 0.717) is 30.7 Å². The van der Waals surface area contributed by atoms with Crippen molar-refractivity contribution >= 4 is 52.1 Å². The number of furan rings is 1. The van der Waals surface area contributed by atoms with E-state index in [-0.39, 0.29) is 17.7 Å². The maximum atomic E-state index is 12.4. The molecule has 0 aliphatic carbocycles. The van der Waals surface area contributed by atoms with E-state index in [4.69, 9.17) is 4.42 Å². The second-order valence-corrected chi connectivity index (χ2v) is 7.42. The molecule has 1 aromatic heterocycles. The van der Waals surface area contributed by atoms with Crippen LogP contribution in [0.3, 0.4) is 0 Å². The molecule has 0 radical (unpaired) electrons. The molecule has 1 aromatic carbocycles. The van der Waals surface area contributed by atoms with Crippen LogP contribution >= 0.6 is 22.6 Å². The highest BCUT2D eigenvalue weighted by atomic mass is 127. The molecule has 1 aliphatic heterocycles. The minimum Gasteiger partial charge on any atom is -0.451 e. The van der Waals surface area contributed by atoms with Gasteiger partial charge >= 0.3 is 0 Å². The molecule has 1 atom stereocenters. The molecular weight excluding hydrogens is 459 g/mol. The lowest BCUT2D eigenvalue weighted by Crippen LogP contribution is -2.51. The second-order valence-electron chi connectivity index (χ2n) is 6.35. The lowest BCUT2D eigenvalue weighted by Gasteiger charge is -2.35. The number of imide groups is 1.